The topological polar surface area (TPSA) is 27.8 Å². The minimum atomic E-state index is 0.432. The molecule has 2 N–H and O–H groups in total. The van der Waals surface area contributed by atoms with Gasteiger partial charge in [0.15, 0.2) is 0 Å². The van der Waals surface area contributed by atoms with Crippen molar-refractivity contribution in [2.24, 2.45) is 5.92 Å². The maximum atomic E-state index is 3.74. The number of aromatic amines is 1. The molecule has 1 aliphatic rings. The van der Waals surface area contributed by atoms with Gasteiger partial charge in [-0.1, -0.05) is 29.8 Å². The Hall–Kier alpha value is -2.22. The number of hydrogen-bond acceptors (Lipinski definition) is 1. The molecular weight excluding hydrogens is 256 g/mol. The largest absolute Gasteiger partial charge is 0.378 e. The number of hydrogen-bond donors (Lipinski definition) is 2. The van der Waals surface area contributed by atoms with E-state index in [1.165, 1.54) is 40.6 Å². The lowest BCUT2D eigenvalue weighted by atomic mass is 10.0. The second kappa shape index (κ2) is 4.96. The zero-order valence-corrected chi connectivity index (χ0v) is 12.3. The number of H-pyrrole nitrogens is 1. The first-order valence-electron chi connectivity index (χ1n) is 7.70. The first kappa shape index (κ1) is 12.5. The highest BCUT2D eigenvalue weighted by Gasteiger charge is 2.32. The summed E-state index contributed by atoms with van der Waals surface area (Å²) in [6.45, 7) is 2.14. The van der Waals surface area contributed by atoms with Gasteiger partial charge in [0.05, 0.1) is 6.04 Å². The molecule has 2 heteroatoms. The molecule has 1 saturated carbocycles. The van der Waals surface area contributed by atoms with Crippen LogP contribution in [0.4, 0.5) is 5.69 Å². The van der Waals surface area contributed by atoms with E-state index in [1.807, 2.05) is 6.20 Å². The number of fused-ring (bicyclic) bond motifs is 1. The second-order valence-electron chi connectivity index (χ2n) is 6.15. The maximum absolute atomic E-state index is 3.74. The third kappa shape index (κ3) is 2.54. The van der Waals surface area contributed by atoms with Gasteiger partial charge in [0.1, 0.15) is 0 Å². The standard InChI is InChI=1S/C19H20N2/c1-13-2-4-14(5-3-13)19(15-6-7-15)21-17-8-9-18-16(12-17)10-11-20-18/h2-5,8-12,15,19-21H,6-7H2,1H3. The summed E-state index contributed by atoms with van der Waals surface area (Å²) in [5.74, 6) is 0.773. The lowest BCUT2D eigenvalue weighted by molar-refractivity contribution is 0.679. The molecule has 1 atom stereocenters. The summed E-state index contributed by atoms with van der Waals surface area (Å²) in [6.07, 6.45) is 4.66. The van der Waals surface area contributed by atoms with E-state index in [4.69, 9.17) is 0 Å². The smallest absolute Gasteiger partial charge is 0.0542 e. The molecular formula is C19H20N2. The van der Waals surface area contributed by atoms with Gasteiger partial charge in [-0.05, 0) is 55.5 Å². The number of anilines is 1. The van der Waals surface area contributed by atoms with Crippen molar-refractivity contribution in [2.75, 3.05) is 5.32 Å². The number of rotatable bonds is 4. The van der Waals surface area contributed by atoms with E-state index in [1.54, 1.807) is 0 Å². The van der Waals surface area contributed by atoms with Gasteiger partial charge in [-0.25, -0.2) is 0 Å². The third-order valence-corrected chi connectivity index (χ3v) is 4.41. The van der Waals surface area contributed by atoms with E-state index in [-0.39, 0.29) is 0 Å². The van der Waals surface area contributed by atoms with E-state index in [0.717, 1.165) is 5.92 Å². The molecule has 0 amide bonds. The lowest BCUT2D eigenvalue weighted by Gasteiger charge is -2.20. The monoisotopic (exact) mass is 276 g/mol. The minimum absolute atomic E-state index is 0.432. The molecule has 0 aliphatic heterocycles. The molecule has 1 heterocycles. The molecule has 1 fully saturated rings. The van der Waals surface area contributed by atoms with Crippen LogP contribution in [0.15, 0.2) is 54.7 Å². The van der Waals surface area contributed by atoms with Crippen LogP contribution in [0.2, 0.25) is 0 Å². The van der Waals surface area contributed by atoms with Crippen molar-refractivity contribution in [1.29, 1.82) is 0 Å². The Morgan fingerprint density at radius 1 is 1.05 bits per heavy atom. The Morgan fingerprint density at radius 2 is 1.86 bits per heavy atom. The Bertz CT molecular complexity index is 751. The van der Waals surface area contributed by atoms with Gasteiger partial charge in [-0.2, -0.15) is 0 Å². The van der Waals surface area contributed by atoms with Crippen LogP contribution in [0.1, 0.15) is 30.0 Å². The Morgan fingerprint density at radius 3 is 2.62 bits per heavy atom. The molecule has 1 aliphatic carbocycles. The van der Waals surface area contributed by atoms with Crippen molar-refractivity contribution in [3.05, 3.63) is 65.9 Å². The number of aromatic nitrogens is 1. The maximum Gasteiger partial charge on any atom is 0.0542 e. The fourth-order valence-electron chi connectivity index (χ4n) is 3.00. The quantitative estimate of drug-likeness (QED) is 0.686. The molecule has 2 aromatic carbocycles. The summed E-state index contributed by atoms with van der Waals surface area (Å²) in [5, 5.41) is 5.01. The summed E-state index contributed by atoms with van der Waals surface area (Å²) >= 11 is 0. The summed E-state index contributed by atoms with van der Waals surface area (Å²) in [4.78, 5) is 3.25. The van der Waals surface area contributed by atoms with E-state index in [9.17, 15) is 0 Å². The van der Waals surface area contributed by atoms with Crippen LogP contribution in [0.3, 0.4) is 0 Å². The van der Waals surface area contributed by atoms with E-state index in [2.05, 4.69) is 65.8 Å². The Balaban J connectivity index is 1.63. The van der Waals surface area contributed by atoms with E-state index >= 15 is 0 Å². The average molecular weight is 276 g/mol. The molecule has 3 aromatic rings. The SMILES string of the molecule is Cc1ccc(C(Nc2ccc3[nH]ccc3c2)C2CC2)cc1. The highest BCUT2D eigenvalue weighted by atomic mass is 14.9. The molecule has 4 rings (SSSR count). The molecule has 0 radical (unpaired) electrons. The van der Waals surface area contributed by atoms with Gasteiger partial charge in [-0.15, -0.1) is 0 Å². The Labute approximate surface area is 125 Å². The average Bonchev–Trinajstić information content (AvgIpc) is 3.23. The zero-order valence-electron chi connectivity index (χ0n) is 12.3. The van der Waals surface area contributed by atoms with Crippen molar-refractivity contribution in [1.82, 2.24) is 4.98 Å². The predicted molar refractivity (Wildman–Crippen MR) is 88.6 cm³/mol. The highest BCUT2D eigenvalue weighted by molar-refractivity contribution is 5.83. The summed E-state index contributed by atoms with van der Waals surface area (Å²) in [7, 11) is 0. The second-order valence-corrected chi connectivity index (χ2v) is 6.15. The number of nitrogens with one attached hydrogen (secondary N) is 2. The van der Waals surface area contributed by atoms with Crippen LogP contribution < -0.4 is 5.32 Å². The van der Waals surface area contributed by atoms with Crippen molar-refractivity contribution in [3.63, 3.8) is 0 Å². The van der Waals surface area contributed by atoms with Crippen molar-refractivity contribution in [2.45, 2.75) is 25.8 Å². The normalized spacial score (nSPS) is 16.0. The minimum Gasteiger partial charge on any atom is -0.378 e. The van der Waals surface area contributed by atoms with Gasteiger partial charge >= 0.3 is 0 Å². The van der Waals surface area contributed by atoms with Gasteiger partial charge in [0, 0.05) is 22.8 Å². The van der Waals surface area contributed by atoms with Gasteiger partial charge in [0.25, 0.3) is 0 Å². The molecule has 21 heavy (non-hydrogen) atoms. The third-order valence-electron chi connectivity index (χ3n) is 4.41. The van der Waals surface area contributed by atoms with Crippen LogP contribution >= 0.6 is 0 Å². The predicted octanol–water partition coefficient (Wildman–Crippen LogP) is 5.04. The van der Waals surface area contributed by atoms with Crippen LogP contribution in [-0.4, -0.2) is 4.98 Å². The van der Waals surface area contributed by atoms with Crippen molar-refractivity contribution in [3.8, 4) is 0 Å². The van der Waals surface area contributed by atoms with Crippen molar-refractivity contribution < 1.29 is 0 Å². The lowest BCUT2D eigenvalue weighted by Crippen LogP contribution is -2.12. The number of benzene rings is 2. The van der Waals surface area contributed by atoms with Gasteiger partial charge < -0.3 is 10.3 Å². The van der Waals surface area contributed by atoms with Crippen LogP contribution in [-0.2, 0) is 0 Å². The highest BCUT2D eigenvalue weighted by Crippen LogP contribution is 2.43. The Kier molecular flexibility index (Phi) is 2.95. The first-order valence-corrected chi connectivity index (χ1v) is 7.70. The summed E-state index contributed by atoms with van der Waals surface area (Å²) in [5.41, 5.74) is 5.12. The molecule has 0 saturated heterocycles. The zero-order chi connectivity index (χ0) is 14.2. The van der Waals surface area contributed by atoms with Crippen LogP contribution in [0.25, 0.3) is 10.9 Å². The molecule has 1 aromatic heterocycles. The van der Waals surface area contributed by atoms with Gasteiger partial charge in [0.2, 0.25) is 0 Å². The van der Waals surface area contributed by atoms with Gasteiger partial charge in [-0.3, -0.25) is 0 Å². The summed E-state index contributed by atoms with van der Waals surface area (Å²) in [6, 6.07) is 18.1. The molecule has 0 bridgehead atoms. The molecule has 2 nitrogen and oxygen atoms in total. The fraction of sp³-hybridized carbons (Fsp3) is 0.263. The molecule has 0 spiro atoms. The first-order chi connectivity index (χ1) is 10.3. The van der Waals surface area contributed by atoms with Crippen molar-refractivity contribution >= 4 is 16.6 Å². The summed E-state index contributed by atoms with van der Waals surface area (Å²) < 4.78 is 0. The van der Waals surface area contributed by atoms with E-state index < -0.39 is 0 Å². The van der Waals surface area contributed by atoms with Crippen LogP contribution in [0.5, 0.6) is 0 Å². The molecule has 1 unspecified atom stereocenters. The van der Waals surface area contributed by atoms with E-state index in [0.29, 0.717) is 6.04 Å². The van der Waals surface area contributed by atoms with Crippen LogP contribution in [0, 0.1) is 12.8 Å². The fourth-order valence-corrected chi connectivity index (χ4v) is 3.00. The number of aryl methyl sites for hydroxylation is 1. The molecule has 106 valence electrons.